The second kappa shape index (κ2) is 6.94. The third-order valence-electron chi connectivity index (χ3n) is 3.40. The number of aromatic nitrogens is 2. The Hall–Kier alpha value is -0.850. The molecule has 1 aromatic heterocycles. The molecule has 1 aromatic carbocycles. The molecule has 114 valence electrons. The number of aliphatic hydroxyl groups is 1. The molecule has 1 atom stereocenters. The number of benzene rings is 1. The van der Waals surface area contributed by atoms with Crippen molar-refractivity contribution in [3.05, 3.63) is 44.1 Å². The van der Waals surface area contributed by atoms with Gasteiger partial charge >= 0.3 is 0 Å². The summed E-state index contributed by atoms with van der Waals surface area (Å²) in [6.07, 6.45) is -0.145. The standard InChI is InChI=1S/C15H18Br2N2O2/c1-4-19-13(15(17)9(2)18-19)8-14(20)11-7-10(21-3)5-6-12(11)16/h5-7,14,20H,4,8H2,1-3H3. The molecule has 0 aliphatic rings. The summed E-state index contributed by atoms with van der Waals surface area (Å²) in [5.74, 6) is 0.728. The minimum Gasteiger partial charge on any atom is -0.497 e. The first-order chi connectivity index (χ1) is 9.97. The van der Waals surface area contributed by atoms with Crippen molar-refractivity contribution < 1.29 is 9.84 Å². The fraction of sp³-hybridized carbons (Fsp3) is 0.400. The van der Waals surface area contributed by atoms with E-state index >= 15 is 0 Å². The monoisotopic (exact) mass is 416 g/mol. The zero-order chi connectivity index (χ0) is 15.6. The van der Waals surface area contributed by atoms with Crippen LogP contribution < -0.4 is 4.74 Å². The van der Waals surface area contributed by atoms with Crippen LogP contribution in [-0.4, -0.2) is 22.0 Å². The molecule has 0 saturated carbocycles. The highest BCUT2D eigenvalue weighted by Crippen LogP contribution is 2.32. The Morgan fingerprint density at radius 1 is 1.38 bits per heavy atom. The van der Waals surface area contributed by atoms with Gasteiger partial charge in [-0.25, -0.2) is 0 Å². The van der Waals surface area contributed by atoms with Crippen molar-refractivity contribution >= 4 is 31.9 Å². The zero-order valence-electron chi connectivity index (χ0n) is 12.2. The number of rotatable bonds is 5. The highest BCUT2D eigenvalue weighted by atomic mass is 79.9. The lowest BCUT2D eigenvalue weighted by atomic mass is 10.0. The number of aryl methyl sites for hydroxylation is 2. The third-order valence-corrected chi connectivity index (χ3v) is 5.16. The molecule has 0 saturated heterocycles. The average molecular weight is 418 g/mol. The summed E-state index contributed by atoms with van der Waals surface area (Å²) in [4.78, 5) is 0. The van der Waals surface area contributed by atoms with E-state index in [1.165, 1.54) is 0 Å². The highest BCUT2D eigenvalue weighted by molar-refractivity contribution is 9.10. The summed E-state index contributed by atoms with van der Waals surface area (Å²) in [5, 5.41) is 15.0. The first kappa shape index (κ1) is 16.5. The largest absolute Gasteiger partial charge is 0.497 e. The number of halogens is 2. The molecule has 6 heteroatoms. The van der Waals surface area contributed by atoms with Gasteiger partial charge in [0.15, 0.2) is 0 Å². The quantitative estimate of drug-likeness (QED) is 0.798. The van der Waals surface area contributed by atoms with Crippen LogP contribution in [0.15, 0.2) is 27.1 Å². The van der Waals surface area contributed by atoms with Crippen LogP contribution in [-0.2, 0) is 13.0 Å². The van der Waals surface area contributed by atoms with E-state index in [0.717, 1.165) is 38.2 Å². The number of ether oxygens (including phenoxy) is 1. The molecule has 21 heavy (non-hydrogen) atoms. The summed E-state index contributed by atoms with van der Waals surface area (Å²) >= 11 is 7.04. The summed E-state index contributed by atoms with van der Waals surface area (Å²) in [6, 6.07) is 5.59. The smallest absolute Gasteiger partial charge is 0.119 e. The van der Waals surface area contributed by atoms with Crippen LogP contribution in [0.1, 0.15) is 30.0 Å². The topological polar surface area (TPSA) is 47.3 Å². The maximum atomic E-state index is 10.6. The number of nitrogens with zero attached hydrogens (tertiary/aromatic N) is 2. The maximum Gasteiger partial charge on any atom is 0.119 e. The fourth-order valence-corrected chi connectivity index (χ4v) is 3.22. The second-order valence-corrected chi connectivity index (χ2v) is 6.42. The molecule has 1 unspecified atom stereocenters. The lowest BCUT2D eigenvalue weighted by molar-refractivity contribution is 0.174. The molecule has 1 heterocycles. The molecule has 0 aliphatic carbocycles. The van der Waals surface area contributed by atoms with Gasteiger partial charge in [0.25, 0.3) is 0 Å². The van der Waals surface area contributed by atoms with Gasteiger partial charge in [-0.3, -0.25) is 4.68 Å². The Morgan fingerprint density at radius 2 is 2.10 bits per heavy atom. The van der Waals surface area contributed by atoms with Gasteiger partial charge in [0.2, 0.25) is 0 Å². The molecule has 0 aliphatic heterocycles. The molecule has 0 bridgehead atoms. The van der Waals surface area contributed by atoms with Gasteiger partial charge in [-0.2, -0.15) is 5.10 Å². The van der Waals surface area contributed by atoms with Gasteiger partial charge in [-0.05, 0) is 53.5 Å². The van der Waals surface area contributed by atoms with Crippen LogP contribution >= 0.6 is 31.9 Å². The van der Waals surface area contributed by atoms with Crippen molar-refractivity contribution in [2.45, 2.75) is 32.9 Å². The van der Waals surface area contributed by atoms with Crippen molar-refractivity contribution in [3.8, 4) is 5.75 Å². The van der Waals surface area contributed by atoms with Crippen molar-refractivity contribution in [2.75, 3.05) is 7.11 Å². The summed E-state index contributed by atoms with van der Waals surface area (Å²) < 4.78 is 8.97. The van der Waals surface area contributed by atoms with Crippen molar-refractivity contribution in [2.24, 2.45) is 0 Å². The Labute approximate surface area is 141 Å². The molecule has 2 rings (SSSR count). The second-order valence-electron chi connectivity index (χ2n) is 4.77. The normalized spacial score (nSPS) is 12.5. The van der Waals surface area contributed by atoms with Gasteiger partial charge in [0, 0.05) is 17.4 Å². The molecule has 0 amide bonds. The molecule has 1 N–H and O–H groups in total. The Kier molecular flexibility index (Phi) is 5.46. The minimum absolute atomic E-state index is 0.487. The lowest BCUT2D eigenvalue weighted by Gasteiger charge is -2.15. The van der Waals surface area contributed by atoms with E-state index in [1.54, 1.807) is 7.11 Å². The number of hydrogen-bond acceptors (Lipinski definition) is 3. The van der Waals surface area contributed by atoms with E-state index in [-0.39, 0.29) is 0 Å². The molecule has 0 radical (unpaired) electrons. The minimum atomic E-state index is -0.632. The lowest BCUT2D eigenvalue weighted by Crippen LogP contribution is -2.09. The van der Waals surface area contributed by atoms with Gasteiger partial charge < -0.3 is 9.84 Å². The van der Waals surface area contributed by atoms with Crippen molar-refractivity contribution in [1.82, 2.24) is 9.78 Å². The number of methoxy groups -OCH3 is 1. The summed E-state index contributed by atoms with van der Waals surface area (Å²) in [5.41, 5.74) is 2.74. The van der Waals surface area contributed by atoms with Gasteiger partial charge in [0.05, 0.1) is 29.1 Å². The predicted octanol–water partition coefficient (Wildman–Crippen LogP) is 4.02. The van der Waals surface area contributed by atoms with Crippen LogP contribution in [0, 0.1) is 6.92 Å². The van der Waals surface area contributed by atoms with Crippen LogP contribution in [0.4, 0.5) is 0 Å². The van der Waals surface area contributed by atoms with Crippen LogP contribution in [0.5, 0.6) is 5.75 Å². The van der Waals surface area contributed by atoms with E-state index < -0.39 is 6.10 Å². The molecule has 2 aromatic rings. The molecular weight excluding hydrogens is 400 g/mol. The Bertz CT molecular complexity index is 641. The average Bonchev–Trinajstić information content (AvgIpc) is 2.75. The van der Waals surface area contributed by atoms with Crippen LogP contribution in [0.2, 0.25) is 0 Å². The fourth-order valence-electron chi connectivity index (χ4n) is 2.26. The number of aliphatic hydroxyl groups excluding tert-OH is 1. The first-order valence-corrected chi connectivity index (χ1v) is 8.29. The van der Waals surface area contributed by atoms with E-state index in [4.69, 9.17) is 4.74 Å². The maximum absolute atomic E-state index is 10.6. The molecular formula is C15H18Br2N2O2. The SMILES string of the molecule is CCn1nc(C)c(Br)c1CC(O)c1cc(OC)ccc1Br. The molecule has 0 spiro atoms. The van der Waals surface area contributed by atoms with Gasteiger partial charge in [-0.15, -0.1) is 0 Å². The molecule has 0 fully saturated rings. The summed E-state index contributed by atoms with van der Waals surface area (Å²) in [6.45, 7) is 4.76. The molecule has 4 nitrogen and oxygen atoms in total. The predicted molar refractivity (Wildman–Crippen MR) is 89.7 cm³/mol. The Balaban J connectivity index is 2.32. The highest BCUT2D eigenvalue weighted by Gasteiger charge is 2.19. The van der Waals surface area contributed by atoms with Crippen LogP contribution in [0.3, 0.4) is 0 Å². The number of hydrogen-bond donors (Lipinski definition) is 1. The van der Waals surface area contributed by atoms with E-state index in [1.807, 2.05) is 36.7 Å². The van der Waals surface area contributed by atoms with E-state index in [2.05, 4.69) is 37.0 Å². The Morgan fingerprint density at radius 3 is 2.71 bits per heavy atom. The first-order valence-electron chi connectivity index (χ1n) is 6.71. The van der Waals surface area contributed by atoms with Gasteiger partial charge in [-0.1, -0.05) is 15.9 Å². The zero-order valence-corrected chi connectivity index (χ0v) is 15.4. The van der Waals surface area contributed by atoms with Crippen molar-refractivity contribution in [3.63, 3.8) is 0 Å². The third kappa shape index (κ3) is 3.49. The summed E-state index contributed by atoms with van der Waals surface area (Å²) in [7, 11) is 1.62. The van der Waals surface area contributed by atoms with E-state index in [9.17, 15) is 5.11 Å². The van der Waals surface area contributed by atoms with Crippen LogP contribution in [0.25, 0.3) is 0 Å². The van der Waals surface area contributed by atoms with E-state index in [0.29, 0.717) is 6.42 Å². The van der Waals surface area contributed by atoms with Gasteiger partial charge in [0.1, 0.15) is 5.75 Å². The van der Waals surface area contributed by atoms with Crippen molar-refractivity contribution in [1.29, 1.82) is 0 Å².